The first-order chi connectivity index (χ1) is 14.8. The summed E-state index contributed by atoms with van der Waals surface area (Å²) in [5.74, 6) is -1.14. The molecule has 1 fully saturated rings. The van der Waals surface area contributed by atoms with Crippen LogP contribution in [0.25, 0.3) is 0 Å². The number of nitrogens with zero attached hydrogens (tertiary/aromatic N) is 2. The number of amides is 1. The number of carbonyl (C=O) groups is 3. The molecule has 1 aliphatic heterocycles. The van der Waals surface area contributed by atoms with Gasteiger partial charge in [0.2, 0.25) is 11.7 Å². The molecule has 0 N–H and O–H groups in total. The average Bonchev–Trinajstić information content (AvgIpc) is 3.34. The molecule has 1 amide bonds. The van der Waals surface area contributed by atoms with Gasteiger partial charge in [-0.3, -0.25) is 9.59 Å². The molecule has 31 heavy (non-hydrogen) atoms. The number of rotatable bonds is 8. The Bertz CT molecular complexity index is 965. The van der Waals surface area contributed by atoms with Crippen molar-refractivity contribution in [3.8, 4) is 0 Å². The number of likely N-dealkylation sites (tertiary alicyclic amines) is 1. The third-order valence-corrected chi connectivity index (χ3v) is 5.78. The van der Waals surface area contributed by atoms with Crippen molar-refractivity contribution in [3.05, 3.63) is 58.7 Å². The second-order valence-electron chi connectivity index (χ2n) is 8.02. The highest BCUT2D eigenvalue weighted by atomic mass is 19.1. The van der Waals surface area contributed by atoms with Crippen LogP contribution in [0.5, 0.6) is 0 Å². The molecule has 0 bridgehead atoms. The van der Waals surface area contributed by atoms with Gasteiger partial charge in [0.1, 0.15) is 11.9 Å². The van der Waals surface area contributed by atoms with E-state index in [2.05, 4.69) is 0 Å². The standard InChI is InChI=1S/C24H29FN2O4/c1-4-6-23(29)26-12-5-7-21(26)24(30)31-15-22(28)20-13-16(2)27(17(20)3)14-18-8-10-19(25)11-9-18/h8-11,13,21H,4-7,12,14-15H2,1-3H3. The van der Waals surface area contributed by atoms with Crippen molar-refractivity contribution < 1.29 is 23.5 Å². The summed E-state index contributed by atoms with van der Waals surface area (Å²) in [6.45, 7) is 6.37. The first-order valence-electron chi connectivity index (χ1n) is 10.7. The predicted octanol–water partition coefficient (Wildman–Crippen LogP) is 3.81. The number of aromatic nitrogens is 1. The van der Waals surface area contributed by atoms with Gasteiger partial charge in [-0.15, -0.1) is 0 Å². The van der Waals surface area contributed by atoms with Crippen LogP contribution in [0.15, 0.2) is 30.3 Å². The Balaban J connectivity index is 1.63. The second kappa shape index (κ2) is 9.90. The number of ether oxygens (including phenoxy) is 1. The Morgan fingerprint density at radius 3 is 2.55 bits per heavy atom. The molecule has 0 aliphatic carbocycles. The predicted molar refractivity (Wildman–Crippen MR) is 114 cm³/mol. The van der Waals surface area contributed by atoms with E-state index in [1.165, 1.54) is 12.1 Å². The SMILES string of the molecule is CCCC(=O)N1CCCC1C(=O)OCC(=O)c1cc(C)n(Cc2ccc(F)cc2)c1C. The maximum atomic E-state index is 13.1. The lowest BCUT2D eigenvalue weighted by atomic mass is 10.1. The van der Waals surface area contributed by atoms with E-state index in [0.717, 1.165) is 29.8 Å². The summed E-state index contributed by atoms with van der Waals surface area (Å²) in [4.78, 5) is 39.0. The lowest BCUT2D eigenvalue weighted by molar-refractivity contribution is -0.152. The van der Waals surface area contributed by atoms with Crippen LogP contribution in [-0.2, 0) is 20.9 Å². The van der Waals surface area contributed by atoms with Gasteiger partial charge in [-0.1, -0.05) is 19.1 Å². The molecule has 7 heteroatoms. The molecular weight excluding hydrogens is 399 g/mol. The van der Waals surface area contributed by atoms with Crippen LogP contribution in [-0.4, -0.2) is 46.3 Å². The van der Waals surface area contributed by atoms with Crippen LogP contribution >= 0.6 is 0 Å². The van der Waals surface area contributed by atoms with E-state index in [4.69, 9.17) is 4.74 Å². The Morgan fingerprint density at radius 1 is 1.16 bits per heavy atom. The second-order valence-corrected chi connectivity index (χ2v) is 8.02. The van der Waals surface area contributed by atoms with Crippen LogP contribution < -0.4 is 0 Å². The van der Waals surface area contributed by atoms with Crippen LogP contribution in [0.2, 0.25) is 0 Å². The van der Waals surface area contributed by atoms with Crippen molar-refractivity contribution in [2.75, 3.05) is 13.2 Å². The first kappa shape index (κ1) is 22.7. The third kappa shape index (κ3) is 5.21. The zero-order valence-electron chi connectivity index (χ0n) is 18.3. The summed E-state index contributed by atoms with van der Waals surface area (Å²) < 4.78 is 20.4. The maximum absolute atomic E-state index is 13.1. The highest BCUT2D eigenvalue weighted by Gasteiger charge is 2.35. The van der Waals surface area contributed by atoms with Gasteiger partial charge in [0.05, 0.1) is 0 Å². The molecule has 1 saturated heterocycles. The summed E-state index contributed by atoms with van der Waals surface area (Å²) in [6.07, 6.45) is 2.45. The van der Waals surface area contributed by atoms with Crippen molar-refractivity contribution in [2.24, 2.45) is 0 Å². The van der Waals surface area contributed by atoms with Crippen molar-refractivity contribution in [3.63, 3.8) is 0 Å². The normalized spacial score (nSPS) is 15.9. The minimum absolute atomic E-state index is 0.0439. The molecule has 1 aliphatic rings. The number of hydrogen-bond acceptors (Lipinski definition) is 4. The number of benzene rings is 1. The highest BCUT2D eigenvalue weighted by molar-refractivity contribution is 5.99. The summed E-state index contributed by atoms with van der Waals surface area (Å²) in [5, 5.41) is 0. The average molecular weight is 429 g/mol. The monoisotopic (exact) mass is 428 g/mol. The summed E-state index contributed by atoms with van der Waals surface area (Å²) >= 11 is 0. The molecule has 6 nitrogen and oxygen atoms in total. The molecule has 1 aromatic carbocycles. The van der Waals surface area contributed by atoms with Gasteiger partial charge in [-0.2, -0.15) is 0 Å². The van der Waals surface area contributed by atoms with Gasteiger partial charge in [-0.25, -0.2) is 9.18 Å². The molecule has 2 heterocycles. The van der Waals surface area contributed by atoms with Crippen LogP contribution in [0, 0.1) is 19.7 Å². The van der Waals surface area contributed by atoms with Crippen LogP contribution in [0.4, 0.5) is 4.39 Å². The summed E-state index contributed by atoms with van der Waals surface area (Å²) in [7, 11) is 0. The van der Waals surface area contributed by atoms with E-state index in [0.29, 0.717) is 31.5 Å². The van der Waals surface area contributed by atoms with Gasteiger partial charge in [0.15, 0.2) is 6.61 Å². The summed E-state index contributed by atoms with van der Waals surface area (Å²) in [5.41, 5.74) is 3.08. The highest BCUT2D eigenvalue weighted by Crippen LogP contribution is 2.21. The van der Waals surface area contributed by atoms with E-state index >= 15 is 0 Å². The van der Waals surface area contributed by atoms with E-state index in [1.54, 1.807) is 23.1 Å². The van der Waals surface area contributed by atoms with E-state index in [9.17, 15) is 18.8 Å². The van der Waals surface area contributed by atoms with Crippen molar-refractivity contribution >= 4 is 17.7 Å². The molecule has 2 aromatic rings. The van der Waals surface area contributed by atoms with Gasteiger partial charge in [0.25, 0.3) is 0 Å². The third-order valence-electron chi connectivity index (χ3n) is 5.78. The minimum Gasteiger partial charge on any atom is -0.456 e. The molecule has 3 rings (SSSR count). The zero-order chi connectivity index (χ0) is 22.5. The van der Waals surface area contributed by atoms with Gasteiger partial charge in [0, 0.05) is 36.5 Å². The molecule has 166 valence electrons. The van der Waals surface area contributed by atoms with Crippen molar-refractivity contribution in [1.29, 1.82) is 0 Å². The smallest absolute Gasteiger partial charge is 0.329 e. The molecule has 1 atom stereocenters. The molecule has 0 radical (unpaired) electrons. The van der Waals surface area contributed by atoms with Crippen LogP contribution in [0.1, 0.15) is 59.9 Å². The number of Topliss-reactive ketones (excluding diaryl/α,β-unsaturated/α-hetero) is 1. The van der Waals surface area contributed by atoms with Gasteiger partial charge in [-0.05, 0) is 56.9 Å². The lowest BCUT2D eigenvalue weighted by Gasteiger charge is -2.23. The van der Waals surface area contributed by atoms with E-state index in [-0.39, 0.29) is 24.1 Å². The number of carbonyl (C=O) groups excluding carboxylic acids is 3. The maximum Gasteiger partial charge on any atom is 0.329 e. The number of aryl methyl sites for hydroxylation is 1. The number of halogens is 1. The topological polar surface area (TPSA) is 68.6 Å². The fourth-order valence-electron chi connectivity index (χ4n) is 4.08. The molecule has 1 unspecified atom stereocenters. The Labute approximate surface area is 182 Å². The lowest BCUT2D eigenvalue weighted by Crippen LogP contribution is -2.41. The molecule has 1 aromatic heterocycles. The first-order valence-corrected chi connectivity index (χ1v) is 10.7. The number of esters is 1. The Kier molecular flexibility index (Phi) is 7.25. The van der Waals surface area contributed by atoms with E-state index in [1.807, 2.05) is 25.3 Å². The largest absolute Gasteiger partial charge is 0.456 e. The molecule has 0 spiro atoms. The van der Waals surface area contributed by atoms with Gasteiger partial charge >= 0.3 is 5.97 Å². The van der Waals surface area contributed by atoms with Gasteiger partial charge < -0.3 is 14.2 Å². The van der Waals surface area contributed by atoms with Crippen LogP contribution in [0.3, 0.4) is 0 Å². The van der Waals surface area contributed by atoms with Crippen molar-refractivity contribution in [1.82, 2.24) is 9.47 Å². The molecular formula is C24H29FN2O4. The number of hydrogen-bond donors (Lipinski definition) is 0. The van der Waals surface area contributed by atoms with E-state index < -0.39 is 12.0 Å². The fraction of sp³-hybridized carbons (Fsp3) is 0.458. The van der Waals surface area contributed by atoms with Crippen molar-refractivity contribution in [2.45, 2.75) is 59.0 Å². The number of ketones is 1. The quantitative estimate of drug-likeness (QED) is 0.474. The fourth-order valence-corrected chi connectivity index (χ4v) is 4.08. The summed E-state index contributed by atoms with van der Waals surface area (Å²) in [6, 6.07) is 7.42. The molecule has 0 saturated carbocycles. The zero-order valence-corrected chi connectivity index (χ0v) is 18.3. The Morgan fingerprint density at radius 2 is 1.87 bits per heavy atom. The minimum atomic E-state index is -0.599. The Hall–Kier alpha value is -2.96.